The smallest absolute Gasteiger partial charge is 0.256 e. The quantitative estimate of drug-likeness (QED) is 0.808. The second-order valence-electron chi connectivity index (χ2n) is 5.64. The number of hydrogen-bond donors (Lipinski definition) is 1. The Morgan fingerprint density at radius 2 is 2.05 bits per heavy atom. The monoisotopic (exact) mass is 293 g/mol. The molecule has 2 fully saturated rings. The molecule has 0 spiro atoms. The molecule has 20 heavy (non-hydrogen) atoms. The molecule has 1 aromatic rings. The summed E-state index contributed by atoms with van der Waals surface area (Å²) in [4.78, 5) is 17.1. The summed E-state index contributed by atoms with van der Waals surface area (Å²) in [7, 11) is 0. The lowest BCUT2D eigenvalue weighted by atomic mass is 10.1. The van der Waals surface area contributed by atoms with E-state index in [-0.39, 0.29) is 5.91 Å². The van der Waals surface area contributed by atoms with Crippen molar-refractivity contribution in [3.8, 4) is 0 Å². The number of halogens is 1. The van der Waals surface area contributed by atoms with Crippen LogP contribution in [-0.4, -0.2) is 47.9 Å². The number of amides is 1. The van der Waals surface area contributed by atoms with Gasteiger partial charge in [-0.1, -0.05) is 17.7 Å². The van der Waals surface area contributed by atoms with Crippen molar-refractivity contribution in [2.45, 2.75) is 25.3 Å². The molecule has 1 unspecified atom stereocenters. The van der Waals surface area contributed by atoms with Gasteiger partial charge in [0.05, 0.1) is 16.3 Å². The van der Waals surface area contributed by atoms with E-state index in [1.807, 2.05) is 4.90 Å². The van der Waals surface area contributed by atoms with Gasteiger partial charge in [-0.25, -0.2) is 0 Å². The molecule has 2 aliphatic heterocycles. The van der Waals surface area contributed by atoms with Crippen molar-refractivity contribution in [1.29, 1.82) is 0 Å². The summed E-state index contributed by atoms with van der Waals surface area (Å²) < 4.78 is 0. The summed E-state index contributed by atoms with van der Waals surface area (Å²) in [5.74, 6) is 0.0127. The summed E-state index contributed by atoms with van der Waals surface area (Å²) in [6.07, 6.45) is 3.46. The summed E-state index contributed by atoms with van der Waals surface area (Å²) in [5, 5.41) is 0.452. The molecule has 0 aromatic heterocycles. The van der Waals surface area contributed by atoms with E-state index in [1.165, 1.54) is 19.4 Å². The lowest BCUT2D eigenvalue weighted by Crippen LogP contribution is -2.39. The highest BCUT2D eigenvalue weighted by molar-refractivity contribution is 6.33. The number of hydrogen-bond acceptors (Lipinski definition) is 3. The number of nitrogens with two attached hydrogens (primary N) is 1. The van der Waals surface area contributed by atoms with Gasteiger partial charge in [-0.15, -0.1) is 0 Å². The van der Waals surface area contributed by atoms with E-state index in [2.05, 4.69) is 4.90 Å². The van der Waals surface area contributed by atoms with Gasteiger partial charge >= 0.3 is 0 Å². The second-order valence-corrected chi connectivity index (χ2v) is 6.05. The summed E-state index contributed by atoms with van der Waals surface area (Å²) in [6.45, 7) is 3.88. The third-order valence-corrected chi connectivity index (χ3v) is 4.70. The maximum absolute atomic E-state index is 12.7. The third-order valence-electron chi connectivity index (χ3n) is 4.37. The van der Waals surface area contributed by atoms with Crippen molar-refractivity contribution in [3.05, 3.63) is 28.8 Å². The van der Waals surface area contributed by atoms with Crippen LogP contribution in [0.25, 0.3) is 0 Å². The predicted octanol–water partition coefficient (Wildman–Crippen LogP) is 2.23. The maximum Gasteiger partial charge on any atom is 0.256 e. The van der Waals surface area contributed by atoms with Gasteiger partial charge in [0.15, 0.2) is 0 Å². The van der Waals surface area contributed by atoms with Crippen LogP contribution >= 0.6 is 11.6 Å². The summed E-state index contributed by atoms with van der Waals surface area (Å²) in [6, 6.07) is 5.78. The van der Waals surface area contributed by atoms with Crippen LogP contribution < -0.4 is 5.73 Å². The SMILES string of the molecule is Nc1c(Cl)cccc1C(=O)N1CCCN2CCCC2C1. The fourth-order valence-electron chi connectivity index (χ4n) is 3.28. The minimum atomic E-state index is 0.0127. The van der Waals surface area contributed by atoms with Crippen molar-refractivity contribution in [3.63, 3.8) is 0 Å². The summed E-state index contributed by atoms with van der Waals surface area (Å²) >= 11 is 6.01. The average molecular weight is 294 g/mol. The zero-order valence-corrected chi connectivity index (χ0v) is 12.3. The average Bonchev–Trinajstić information content (AvgIpc) is 2.78. The molecule has 2 aliphatic rings. The van der Waals surface area contributed by atoms with Gasteiger partial charge in [0, 0.05) is 25.7 Å². The fourth-order valence-corrected chi connectivity index (χ4v) is 3.46. The number of anilines is 1. The second kappa shape index (κ2) is 5.62. The maximum atomic E-state index is 12.7. The zero-order chi connectivity index (χ0) is 14.1. The highest BCUT2D eigenvalue weighted by atomic mass is 35.5. The molecule has 2 heterocycles. The van der Waals surface area contributed by atoms with Crippen LogP contribution in [0.2, 0.25) is 5.02 Å². The van der Waals surface area contributed by atoms with E-state index >= 15 is 0 Å². The van der Waals surface area contributed by atoms with Crippen molar-refractivity contribution in [1.82, 2.24) is 9.80 Å². The minimum absolute atomic E-state index is 0.0127. The van der Waals surface area contributed by atoms with Crippen molar-refractivity contribution < 1.29 is 4.79 Å². The van der Waals surface area contributed by atoms with E-state index < -0.39 is 0 Å². The van der Waals surface area contributed by atoms with E-state index in [0.717, 1.165) is 26.1 Å². The number of nitrogens with zero attached hydrogens (tertiary/aromatic N) is 2. The van der Waals surface area contributed by atoms with Gasteiger partial charge < -0.3 is 10.6 Å². The fraction of sp³-hybridized carbons (Fsp3) is 0.533. The lowest BCUT2D eigenvalue weighted by molar-refractivity contribution is 0.0744. The first kappa shape index (κ1) is 13.7. The topological polar surface area (TPSA) is 49.6 Å². The molecule has 0 radical (unpaired) electrons. The van der Waals surface area contributed by atoms with Crippen LogP contribution in [0.3, 0.4) is 0 Å². The molecule has 108 valence electrons. The van der Waals surface area contributed by atoms with Crippen LogP contribution in [0.4, 0.5) is 5.69 Å². The Hall–Kier alpha value is -1.26. The molecule has 0 bridgehead atoms. The van der Waals surface area contributed by atoms with E-state index in [4.69, 9.17) is 17.3 Å². The van der Waals surface area contributed by atoms with Crippen molar-refractivity contribution in [2.24, 2.45) is 0 Å². The number of fused-ring (bicyclic) bond motifs is 1. The standard InChI is InChI=1S/C15H20ClN3O/c16-13-6-1-5-12(14(13)17)15(20)19-9-3-8-18-7-2-4-11(18)10-19/h1,5-6,11H,2-4,7-10,17H2. The molecule has 4 nitrogen and oxygen atoms in total. The van der Waals surface area contributed by atoms with Gasteiger partial charge in [0.25, 0.3) is 5.91 Å². The van der Waals surface area contributed by atoms with Gasteiger partial charge in [0.2, 0.25) is 0 Å². The summed E-state index contributed by atoms with van der Waals surface area (Å²) in [5.41, 5.74) is 6.87. The van der Waals surface area contributed by atoms with Crippen LogP contribution in [0.15, 0.2) is 18.2 Å². The number of carbonyl (C=O) groups excluding carboxylic acids is 1. The Morgan fingerprint density at radius 3 is 2.90 bits per heavy atom. The molecule has 2 saturated heterocycles. The Kier molecular flexibility index (Phi) is 3.85. The van der Waals surface area contributed by atoms with Gasteiger partial charge in [-0.05, 0) is 37.9 Å². The van der Waals surface area contributed by atoms with Gasteiger partial charge in [-0.2, -0.15) is 0 Å². The van der Waals surface area contributed by atoms with Crippen LogP contribution in [0.1, 0.15) is 29.6 Å². The van der Waals surface area contributed by atoms with Gasteiger partial charge in [-0.3, -0.25) is 9.69 Å². The molecule has 1 atom stereocenters. The molecular formula is C15H20ClN3O. The number of para-hydroxylation sites is 1. The molecule has 1 aromatic carbocycles. The first-order chi connectivity index (χ1) is 9.66. The molecular weight excluding hydrogens is 274 g/mol. The third kappa shape index (κ3) is 2.50. The van der Waals surface area contributed by atoms with E-state index in [1.54, 1.807) is 18.2 Å². The molecule has 0 saturated carbocycles. The van der Waals surface area contributed by atoms with Crippen molar-refractivity contribution in [2.75, 3.05) is 31.9 Å². The van der Waals surface area contributed by atoms with E-state index in [9.17, 15) is 4.79 Å². The Bertz CT molecular complexity index is 520. The first-order valence-corrected chi connectivity index (χ1v) is 7.62. The lowest BCUT2D eigenvalue weighted by Gasteiger charge is -2.26. The number of rotatable bonds is 1. The zero-order valence-electron chi connectivity index (χ0n) is 11.5. The molecule has 5 heteroatoms. The van der Waals surface area contributed by atoms with E-state index in [0.29, 0.717) is 22.3 Å². The van der Waals surface area contributed by atoms with Crippen LogP contribution in [0, 0.1) is 0 Å². The van der Waals surface area contributed by atoms with Crippen LogP contribution in [0.5, 0.6) is 0 Å². The highest BCUT2D eigenvalue weighted by Crippen LogP contribution is 2.26. The number of carbonyl (C=O) groups is 1. The van der Waals surface area contributed by atoms with Crippen LogP contribution in [-0.2, 0) is 0 Å². The largest absolute Gasteiger partial charge is 0.397 e. The Balaban J connectivity index is 1.81. The molecule has 3 rings (SSSR count). The minimum Gasteiger partial charge on any atom is -0.397 e. The van der Waals surface area contributed by atoms with Gasteiger partial charge in [0.1, 0.15) is 0 Å². The predicted molar refractivity (Wildman–Crippen MR) is 81.0 cm³/mol. The molecule has 1 amide bonds. The molecule has 0 aliphatic carbocycles. The Morgan fingerprint density at radius 1 is 1.25 bits per heavy atom. The number of benzene rings is 1. The Labute approximate surface area is 124 Å². The van der Waals surface area contributed by atoms with Crippen molar-refractivity contribution >= 4 is 23.2 Å². The normalized spacial score (nSPS) is 23.4. The first-order valence-electron chi connectivity index (χ1n) is 7.24. The highest BCUT2D eigenvalue weighted by Gasteiger charge is 2.31. The number of nitrogen functional groups attached to an aromatic ring is 1. The molecule has 2 N–H and O–H groups in total.